The lowest BCUT2D eigenvalue weighted by atomic mass is 10.2. The molecule has 2 aromatic heterocycles. The Labute approximate surface area is 183 Å². The molecule has 0 fully saturated rings. The largest absolute Gasteiger partial charge is 0.463 e. The summed E-state index contributed by atoms with van der Waals surface area (Å²) >= 11 is 6.00. The van der Waals surface area contributed by atoms with Gasteiger partial charge in [0, 0.05) is 28.9 Å². The van der Waals surface area contributed by atoms with Crippen molar-refractivity contribution in [2.45, 2.75) is 13.3 Å². The molecule has 0 aliphatic heterocycles. The van der Waals surface area contributed by atoms with Crippen molar-refractivity contribution in [2.75, 3.05) is 10.6 Å². The summed E-state index contributed by atoms with van der Waals surface area (Å²) in [5.41, 5.74) is 2.85. The third-order valence-electron chi connectivity index (χ3n) is 4.53. The van der Waals surface area contributed by atoms with E-state index in [1.54, 1.807) is 72.5 Å². The summed E-state index contributed by atoms with van der Waals surface area (Å²) < 4.78 is 7.15. The zero-order valence-electron chi connectivity index (χ0n) is 16.6. The van der Waals surface area contributed by atoms with E-state index in [2.05, 4.69) is 15.7 Å². The minimum atomic E-state index is -0.370. The average Bonchev–Trinajstić information content (AvgIpc) is 3.45. The molecule has 0 aliphatic carbocycles. The van der Waals surface area contributed by atoms with Crippen LogP contribution in [0, 0.1) is 0 Å². The van der Waals surface area contributed by atoms with Crippen LogP contribution in [-0.4, -0.2) is 21.6 Å². The highest BCUT2D eigenvalue weighted by atomic mass is 35.5. The van der Waals surface area contributed by atoms with Crippen LogP contribution in [0.2, 0.25) is 5.02 Å². The molecule has 8 heteroatoms. The second-order valence-electron chi connectivity index (χ2n) is 6.71. The molecule has 0 atom stereocenters. The summed E-state index contributed by atoms with van der Waals surface area (Å²) in [6, 6.07) is 19.2. The van der Waals surface area contributed by atoms with Gasteiger partial charge in [-0.1, -0.05) is 18.5 Å². The number of hydrogen-bond donors (Lipinski definition) is 2. The molecule has 0 spiro atoms. The van der Waals surface area contributed by atoms with Gasteiger partial charge in [-0.25, -0.2) is 4.68 Å². The van der Waals surface area contributed by atoms with E-state index in [-0.39, 0.29) is 17.5 Å². The van der Waals surface area contributed by atoms with Gasteiger partial charge in [0.1, 0.15) is 5.69 Å². The minimum Gasteiger partial charge on any atom is -0.463 e. The third-order valence-corrected chi connectivity index (χ3v) is 4.79. The highest BCUT2D eigenvalue weighted by Crippen LogP contribution is 2.26. The third kappa shape index (κ3) is 4.67. The van der Waals surface area contributed by atoms with Crippen molar-refractivity contribution in [3.05, 3.63) is 83.7 Å². The van der Waals surface area contributed by atoms with Gasteiger partial charge in [-0.05, 0) is 60.7 Å². The Morgan fingerprint density at radius 3 is 2.29 bits per heavy atom. The first kappa shape index (κ1) is 20.4. The van der Waals surface area contributed by atoms with E-state index in [1.807, 2.05) is 12.1 Å². The number of nitrogens with one attached hydrogen (secondary N) is 2. The molecule has 0 unspecified atom stereocenters. The number of hydrogen-bond acceptors (Lipinski definition) is 4. The molecule has 4 rings (SSSR count). The van der Waals surface area contributed by atoms with Crippen molar-refractivity contribution in [3.63, 3.8) is 0 Å². The molecular formula is C23H19ClN4O3. The van der Waals surface area contributed by atoms with Gasteiger partial charge < -0.3 is 15.1 Å². The number of nitrogens with zero attached hydrogens (tertiary/aromatic N) is 2. The van der Waals surface area contributed by atoms with Crippen molar-refractivity contribution in [1.82, 2.24) is 9.78 Å². The molecule has 0 saturated carbocycles. The summed E-state index contributed by atoms with van der Waals surface area (Å²) in [5, 5.41) is 10.7. The Bertz CT molecular complexity index is 1200. The fourth-order valence-corrected chi connectivity index (χ4v) is 3.08. The summed E-state index contributed by atoms with van der Waals surface area (Å²) in [7, 11) is 0. The first-order valence-electron chi connectivity index (χ1n) is 9.64. The molecule has 0 radical (unpaired) electrons. The number of carbonyl (C=O) groups excluding carboxylic acids is 2. The molecular weight excluding hydrogens is 416 g/mol. The fourth-order valence-electron chi connectivity index (χ4n) is 2.95. The van der Waals surface area contributed by atoms with E-state index in [0.29, 0.717) is 34.3 Å². The first-order valence-corrected chi connectivity index (χ1v) is 10.0. The lowest BCUT2D eigenvalue weighted by Gasteiger charge is -2.07. The Kier molecular flexibility index (Phi) is 5.86. The van der Waals surface area contributed by atoms with E-state index in [9.17, 15) is 9.59 Å². The van der Waals surface area contributed by atoms with E-state index >= 15 is 0 Å². The molecule has 156 valence electrons. The van der Waals surface area contributed by atoms with E-state index in [4.69, 9.17) is 16.0 Å². The average molecular weight is 435 g/mol. The summed E-state index contributed by atoms with van der Waals surface area (Å²) in [6.07, 6.45) is 1.96. The van der Waals surface area contributed by atoms with Gasteiger partial charge in [0.25, 0.3) is 5.91 Å². The summed E-state index contributed by atoms with van der Waals surface area (Å²) in [4.78, 5) is 24.3. The van der Waals surface area contributed by atoms with Gasteiger partial charge in [0.15, 0.2) is 11.5 Å². The predicted octanol–water partition coefficient (Wildman–Crippen LogP) is 5.39. The van der Waals surface area contributed by atoms with Crippen LogP contribution in [0.15, 0.2) is 77.4 Å². The molecule has 4 aromatic rings. The Hall–Kier alpha value is -3.84. The fraction of sp³-hybridized carbons (Fsp3) is 0.0870. The number of anilines is 2. The van der Waals surface area contributed by atoms with Crippen LogP contribution in [0.25, 0.3) is 17.1 Å². The standard InChI is InChI=1S/C23H19ClN4O3/c1-2-22(29)25-16-7-9-17(10-8-16)26-23(30)19-14-20(21-4-3-13-31-21)28(27-19)18-11-5-15(24)6-12-18/h3-14H,2H2,1H3,(H,25,29)(H,26,30). The van der Waals surface area contributed by atoms with Gasteiger partial charge >= 0.3 is 0 Å². The monoisotopic (exact) mass is 434 g/mol. The molecule has 2 heterocycles. The van der Waals surface area contributed by atoms with E-state index in [0.717, 1.165) is 5.69 Å². The van der Waals surface area contributed by atoms with Gasteiger partial charge in [-0.3, -0.25) is 9.59 Å². The van der Waals surface area contributed by atoms with Crippen molar-refractivity contribution in [2.24, 2.45) is 0 Å². The number of benzene rings is 2. The maximum atomic E-state index is 12.8. The van der Waals surface area contributed by atoms with Crippen molar-refractivity contribution < 1.29 is 14.0 Å². The normalized spacial score (nSPS) is 10.6. The second kappa shape index (κ2) is 8.89. The highest BCUT2D eigenvalue weighted by Gasteiger charge is 2.18. The van der Waals surface area contributed by atoms with Gasteiger partial charge in [-0.15, -0.1) is 0 Å². The minimum absolute atomic E-state index is 0.0741. The van der Waals surface area contributed by atoms with Gasteiger partial charge in [0.2, 0.25) is 5.91 Å². The number of amides is 2. The van der Waals surface area contributed by atoms with E-state index < -0.39 is 0 Å². The van der Waals surface area contributed by atoms with Crippen LogP contribution in [0.3, 0.4) is 0 Å². The predicted molar refractivity (Wildman–Crippen MR) is 120 cm³/mol. The lowest BCUT2D eigenvalue weighted by Crippen LogP contribution is -2.13. The number of aromatic nitrogens is 2. The Balaban J connectivity index is 1.59. The summed E-state index contributed by atoms with van der Waals surface area (Å²) in [6.45, 7) is 1.78. The molecule has 0 aliphatic rings. The topological polar surface area (TPSA) is 89.2 Å². The molecule has 2 N–H and O–H groups in total. The summed E-state index contributed by atoms with van der Waals surface area (Å²) in [5.74, 6) is 0.137. The second-order valence-corrected chi connectivity index (χ2v) is 7.15. The molecule has 7 nitrogen and oxygen atoms in total. The number of carbonyl (C=O) groups is 2. The first-order chi connectivity index (χ1) is 15.0. The zero-order valence-corrected chi connectivity index (χ0v) is 17.4. The number of rotatable bonds is 6. The van der Waals surface area contributed by atoms with Crippen LogP contribution in [0.4, 0.5) is 11.4 Å². The molecule has 31 heavy (non-hydrogen) atoms. The van der Waals surface area contributed by atoms with E-state index in [1.165, 1.54) is 0 Å². The number of halogens is 1. The molecule has 2 amide bonds. The molecule has 2 aromatic carbocycles. The highest BCUT2D eigenvalue weighted by molar-refractivity contribution is 6.30. The smallest absolute Gasteiger partial charge is 0.276 e. The molecule has 0 bridgehead atoms. The van der Waals surface area contributed by atoms with Crippen LogP contribution < -0.4 is 10.6 Å². The lowest BCUT2D eigenvalue weighted by molar-refractivity contribution is -0.115. The Morgan fingerprint density at radius 2 is 1.68 bits per heavy atom. The Morgan fingerprint density at radius 1 is 1.00 bits per heavy atom. The van der Waals surface area contributed by atoms with Gasteiger partial charge in [-0.2, -0.15) is 5.10 Å². The van der Waals surface area contributed by atoms with Crippen LogP contribution in [0.5, 0.6) is 0 Å². The maximum Gasteiger partial charge on any atom is 0.276 e. The number of furan rings is 1. The SMILES string of the molecule is CCC(=O)Nc1ccc(NC(=O)c2cc(-c3ccco3)n(-c3ccc(Cl)cc3)n2)cc1. The van der Waals surface area contributed by atoms with Crippen molar-refractivity contribution in [1.29, 1.82) is 0 Å². The van der Waals surface area contributed by atoms with Crippen LogP contribution >= 0.6 is 11.6 Å². The van der Waals surface area contributed by atoms with Gasteiger partial charge in [0.05, 0.1) is 12.0 Å². The zero-order chi connectivity index (χ0) is 21.8. The maximum absolute atomic E-state index is 12.8. The molecule has 0 saturated heterocycles. The quantitative estimate of drug-likeness (QED) is 0.426. The van der Waals surface area contributed by atoms with Crippen molar-refractivity contribution in [3.8, 4) is 17.1 Å². The van der Waals surface area contributed by atoms with Crippen LogP contribution in [-0.2, 0) is 4.79 Å². The van der Waals surface area contributed by atoms with Crippen LogP contribution in [0.1, 0.15) is 23.8 Å². The van der Waals surface area contributed by atoms with Crippen molar-refractivity contribution >= 4 is 34.8 Å².